The Kier molecular flexibility index (Phi) is 5.16. The Labute approximate surface area is 155 Å². The monoisotopic (exact) mass is 347 g/mol. The van der Waals surface area contributed by atoms with Gasteiger partial charge in [-0.15, -0.1) is 0 Å². The molecule has 3 aliphatic rings. The minimum Gasteiger partial charge on any atom is -0.460 e. The molecule has 0 N–H and O–H groups in total. The third kappa shape index (κ3) is 3.73. The smallest absolute Gasteiger partial charge is 0.324 e. The average Bonchev–Trinajstić information content (AvgIpc) is 2.72. The molecule has 0 aromatic heterocycles. The number of benzene rings is 2. The second-order valence-corrected chi connectivity index (χ2v) is 7.21. The molecule has 2 bridgehead atoms. The fourth-order valence-corrected chi connectivity index (χ4v) is 4.15. The maximum Gasteiger partial charge on any atom is 0.324 e. The van der Waals surface area contributed by atoms with Crippen LogP contribution in [0.1, 0.15) is 24.0 Å². The van der Waals surface area contributed by atoms with Crippen molar-refractivity contribution in [3.63, 3.8) is 0 Å². The second-order valence-electron chi connectivity index (χ2n) is 7.21. The van der Waals surface area contributed by atoms with Crippen molar-refractivity contribution in [1.29, 1.82) is 0 Å². The van der Waals surface area contributed by atoms with Crippen molar-refractivity contribution >= 4 is 5.97 Å². The highest BCUT2D eigenvalue weighted by atomic mass is 16.5. The standard InChI is InChI=1S/C23H25NO2/c25-23(26-17-19-9-5-2-6-10-19)22-20-11-13-21(14-12-20)24(22)16-15-18-7-3-1-4-8-18/h1-11,13,20-22H,12,14-17H2/t20?,21-,22+/m0/s1. The van der Waals surface area contributed by atoms with E-state index in [9.17, 15) is 4.79 Å². The molecule has 2 heterocycles. The van der Waals surface area contributed by atoms with Crippen LogP contribution in [-0.4, -0.2) is 29.5 Å². The van der Waals surface area contributed by atoms with E-state index in [4.69, 9.17) is 4.74 Å². The maximum absolute atomic E-state index is 12.9. The summed E-state index contributed by atoms with van der Waals surface area (Å²) >= 11 is 0. The minimum atomic E-state index is -0.147. The molecule has 0 amide bonds. The van der Waals surface area contributed by atoms with Crippen molar-refractivity contribution in [3.8, 4) is 0 Å². The van der Waals surface area contributed by atoms with Crippen LogP contribution in [0.25, 0.3) is 0 Å². The van der Waals surface area contributed by atoms with Gasteiger partial charge in [0.2, 0.25) is 0 Å². The van der Waals surface area contributed by atoms with Gasteiger partial charge in [0.25, 0.3) is 0 Å². The van der Waals surface area contributed by atoms with Gasteiger partial charge in [-0.3, -0.25) is 9.69 Å². The summed E-state index contributed by atoms with van der Waals surface area (Å²) in [5.41, 5.74) is 2.35. The van der Waals surface area contributed by atoms with E-state index in [1.165, 1.54) is 5.56 Å². The van der Waals surface area contributed by atoms with E-state index in [1.54, 1.807) is 0 Å². The number of esters is 1. The summed E-state index contributed by atoms with van der Waals surface area (Å²) < 4.78 is 5.69. The van der Waals surface area contributed by atoms with Gasteiger partial charge >= 0.3 is 5.97 Å². The molecule has 0 saturated carbocycles. The Balaban J connectivity index is 1.43. The van der Waals surface area contributed by atoms with Gasteiger partial charge in [0.05, 0.1) is 0 Å². The van der Waals surface area contributed by atoms with Crippen molar-refractivity contribution in [2.45, 2.75) is 38.0 Å². The third-order valence-corrected chi connectivity index (χ3v) is 5.53. The van der Waals surface area contributed by atoms with Crippen LogP contribution in [0, 0.1) is 5.92 Å². The van der Waals surface area contributed by atoms with Crippen molar-refractivity contribution in [3.05, 3.63) is 83.9 Å². The molecule has 1 aliphatic carbocycles. The lowest BCUT2D eigenvalue weighted by Gasteiger charge is -2.46. The van der Waals surface area contributed by atoms with Crippen molar-refractivity contribution in [2.24, 2.45) is 5.92 Å². The van der Waals surface area contributed by atoms with Crippen LogP contribution in [0.5, 0.6) is 0 Å². The van der Waals surface area contributed by atoms with E-state index >= 15 is 0 Å². The SMILES string of the molecule is O=C(OCc1ccccc1)[C@H]1C2C=C[C@@H](CC2)N1CCc1ccccc1. The average molecular weight is 347 g/mol. The zero-order valence-corrected chi connectivity index (χ0v) is 15.0. The summed E-state index contributed by atoms with van der Waals surface area (Å²) in [6, 6.07) is 20.6. The number of piperidine rings is 1. The van der Waals surface area contributed by atoms with Gasteiger partial charge in [0, 0.05) is 18.5 Å². The molecular weight excluding hydrogens is 322 g/mol. The first kappa shape index (κ1) is 17.0. The predicted octanol–water partition coefficient (Wildman–Crippen LogP) is 3.99. The molecule has 1 unspecified atom stereocenters. The molecule has 1 saturated heterocycles. The van der Waals surface area contributed by atoms with E-state index in [0.29, 0.717) is 12.6 Å². The number of hydrogen-bond acceptors (Lipinski definition) is 3. The zero-order chi connectivity index (χ0) is 17.8. The summed E-state index contributed by atoms with van der Waals surface area (Å²) in [5, 5.41) is 0. The molecule has 2 aliphatic heterocycles. The van der Waals surface area contributed by atoms with E-state index in [0.717, 1.165) is 31.4 Å². The summed E-state index contributed by atoms with van der Waals surface area (Å²) in [6.45, 7) is 1.24. The highest BCUT2D eigenvalue weighted by molar-refractivity contribution is 5.77. The molecule has 134 valence electrons. The lowest BCUT2D eigenvalue weighted by Crippen LogP contribution is -2.57. The molecule has 1 fully saturated rings. The Morgan fingerprint density at radius 1 is 0.923 bits per heavy atom. The molecule has 0 radical (unpaired) electrons. The van der Waals surface area contributed by atoms with Crippen molar-refractivity contribution in [2.75, 3.05) is 6.54 Å². The van der Waals surface area contributed by atoms with Gasteiger partial charge < -0.3 is 4.74 Å². The summed E-state index contributed by atoms with van der Waals surface area (Å²) in [6.07, 6.45) is 7.68. The van der Waals surface area contributed by atoms with Crippen molar-refractivity contribution in [1.82, 2.24) is 4.90 Å². The third-order valence-electron chi connectivity index (χ3n) is 5.53. The number of rotatable bonds is 6. The molecule has 3 nitrogen and oxygen atoms in total. The molecule has 3 heteroatoms. The first-order chi connectivity index (χ1) is 12.8. The first-order valence-corrected chi connectivity index (χ1v) is 9.50. The van der Waals surface area contributed by atoms with Crippen LogP contribution in [0.15, 0.2) is 72.8 Å². The molecule has 26 heavy (non-hydrogen) atoms. The fourth-order valence-electron chi connectivity index (χ4n) is 4.15. The molecule has 5 rings (SSSR count). The lowest BCUT2D eigenvalue weighted by molar-refractivity contribution is -0.156. The molecule has 0 spiro atoms. The normalized spacial score (nSPS) is 24.5. The Bertz CT molecular complexity index is 756. The first-order valence-electron chi connectivity index (χ1n) is 9.50. The second kappa shape index (κ2) is 7.88. The topological polar surface area (TPSA) is 29.5 Å². The maximum atomic E-state index is 12.9. The van der Waals surface area contributed by atoms with Crippen molar-refractivity contribution < 1.29 is 9.53 Å². The van der Waals surface area contributed by atoms with Crippen LogP contribution in [0.3, 0.4) is 0 Å². The van der Waals surface area contributed by atoms with Crippen LogP contribution in [0.4, 0.5) is 0 Å². The van der Waals surface area contributed by atoms with Crippen LogP contribution in [0.2, 0.25) is 0 Å². The zero-order valence-electron chi connectivity index (χ0n) is 15.0. The van der Waals surface area contributed by atoms with E-state index < -0.39 is 0 Å². The molecule has 2 aromatic carbocycles. The quantitative estimate of drug-likeness (QED) is 0.584. The van der Waals surface area contributed by atoms with Gasteiger partial charge in [0.15, 0.2) is 0 Å². The van der Waals surface area contributed by atoms with E-state index in [2.05, 4.69) is 41.3 Å². The highest BCUT2D eigenvalue weighted by Gasteiger charge is 2.43. The summed E-state index contributed by atoms with van der Waals surface area (Å²) in [5.74, 6) is 0.194. The van der Waals surface area contributed by atoms with Crippen LogP contribution in [-0.2, 0) is 22.6 Å². The number of ether oxygens (including phenoxy) is 1. The van der Waals surface area contributed by atoms with E-state index in [1.807, 2.05) is 36.4 Å². The fraction of sp³-hybridized carbons (Fsp3) is 0.348. The lowest BCUT2D eigenvalue weighted by atomic mass is 9.79. The van der Waals surface area contributed by atoms with Gasteiger partial charge in [-0.2, -0.15) is 0 Å². The Morgan fingerprint density at radius 3 is 2.27 bits per heavy atom. The van der Waals surface area contributed by atoms with Gasteiger partial charge in [-0.25, -0.2) is 0 Å². The number of nitrogens with zero attached hydrogens (tertiary/aromatic N) is 1. The Morgan fingerprint density at radius 2 is 1.62 bits per heavy atom. The molecular formula is C23H25NO2. The number of fused-ring (bicyclic) bond motifs is 2. The van der Waals surface area contributed by atoms with Crippen LogP contribution >= 0.6 is 0 Å². The van der Waals surface area contributed by atoms with Gasteiger partial charge in [-0.05, 0) is 30.4 Å². The van der Waals surface area contributed by atoms with Gasteiger partial charge in [-0.1, -0.05) is 72.8 Å². The number of hydrogen-bond donors (Lipinski definition) is 0. The van der Waals surface area contributed by atoms with E-state index in [-0.39, 0.29) is 17.9 Å². The predicted molar refractivity (Wildman–Crippen MR) is 103 cm³/mol. The summed E-state index contributed by atoms with van der Waals surface area (Å²) in [4.78, 5) is 15.2. The largest absolute Gasteiger partial charge is 0.460 e. The summed E-state index contributed by atoms with van der Waals surface area (Å²) in [7, 11) is 0. The number of carbonyl (C=O) groups is 1. The van der Waals surface area contributed by atoms with Gasteiger partial charge in [0.1, 0.15) is 12.6 Å². The number of carbonyl (C=O) groups excluding carboxylic acids is 1. The van der Waals surface area contributed by atoms with Crippen LogP contribution < -0.4 is 0 Å². The highest BCUT2D eigenvalue weighted by Crippen LogP contribution is 2.35. The minimum absolute atomic E-state index is 0.0824. The molecule has 2 aromatic rings. The molecule has 3 atom stereocenters. The Hall–Kier alpha value is -2.39.